The van der Waals surface area contributed by atoms with Gasteiger partial charge in [0.25, 0.3) is 0 Å². The van der Waals surface area contributed by atoms with E-state index >= 15 is 0 Å². The zero-order chi connectivity index (χ0) is 17.5. The van der Waals surface area contributed by atoms with E-state index in [1.54, 1.807) is 26.4 Å². The Bertz CT molecular complexity index is 764. The number of phenolic OH excluding ortho intramolecular Hbond substituents is 2. The van der Waals surface area contributed by atoms with Gasteiger partial charge in [-0.25, -0.2) is 0 Å². The minimum atomic E-state index is -0.154. The maximum absolute atomic E-state index is 9.87. The average molecular weight is 328 g/mol. The number of hydrogen-bond donors (Lipinski definition) is 2. The first kappa shape index (κ1) is 16.5. The lowest BCUT2D eigenvalue weighted by Crippen LogP contribution is -2.32. The minimum absolute atomic E-state index is 0.0719. The van der Waals surface area contributed by atoms with Crippen LogP contribution in [-0.2, 0) is 11.8 Å². The van der Waals surface area contributed by atoms with Crippen molar-refractivity contribution in [3.05, 3.63) is 47.0 Å². The van der Waals surface area contributed by atoms with Crippen molar-refractivity contribution >= 4 is 0 Å². The van der Waals surface area contributed by atoms with E-state index in [-0.39, 0.29) is 22.8 Å². The lowest BCUT2D eigenvalue weighted by Gasteiger charge is -2.41. The smallest absolute Gasteiger partial charge is 0.157 e. The molecule has 0 aromatic heterocycles. The van der Waals surface area contributed by atoms with Crippen molar-refractivity contribution in [3.8, 4) is 23.0 Å². The maximum atomic E-state index is 9.87. The van der Waals surface area contributed by atoms with Crippen LogP contribution in [-0.4, -0.2) is 24.4 Å². The number of aromatic hydroxyl groups is 2. The van der Waals surface area contributed by atoms with E-state index in [0.717, 1.165) is 29.9 Å². The Kier molecular flexibility index (Phi) is 4.08. The van der Waals surface area contributed by atoms with Crippen LogP contribution in [0.15, 0.2) is 30.3 Å². The van der Waals surface area contributed by atoms with Crippen LogP contribution in [0.1, 0.15) is 42.9 Å². The third kappa shape index (κ3) is 2.56. The zero-order valence-electron chi connectivity index (χ0n) is 14.6. The summed E-state index contributed by atoms with van der Waals surface area (Å²) in [5, 5.41) is 19.5. The Morgan fingerprint density at radius 2 is 1.75 bits per heavy atom. The van der Waals surface area contributed by atoms with Crippen LogP contribution in [0.4, 0.5) is 0 Å². The summed E-state index contributed by atoms with van der Waals surface area (Å²) >= 11 is 0. The van der Waals surface area contributed by atoms with Crippen LogP contribution in [0.5, 0.6) is 23.0 Å². The molecule has 128 valence electrons. The summed E-state index contributed by atoms with van der Waals surface area (Å²) in [7, 11) is 3.35. The van der Waals surface area contributed by atoms with Gasteiger partial charge in [-0.3, -0.25) is 0 Å². The normalized spacial score (nSPS) is 18.8. The molecule has 1 aliphatic carbocycles. The first-order chi connectivity index (χ1) is 11.4. The summed E-state index contributed by atoms with van der Waals surface area (Å²) in [6.45, 7) is 4.41. The molecule has 4 nitrogen and oxygen atoms in total. The van der Waals surface area contributed by atoms with Gasteiger partial charge in [0.15, 0.2) is 11.5 Å². The van der Waals surface area contributed by atoms with Crippen molar-refractivity contribution in [2.45, 2.75) is 38.0 Å². The molecule has 0 amide bonds. The van der Waals surface area contributed by atoms with Gasteiger partial charge in [-0.2, -0.15) is 0 Å². The Morgan fingerprint density at radius 3 is 2.38 bits per heavy atom. The number of hydrogen-bond acceptors (Lipinski definition) is 4. The van der Waals surface area contributed by atoms with Gasteiger partial charge in [-0.05, 0) is 59.1 Å². The molecule has 3 rings (SSSR count). The summed E-state index contributed by atoms with van der Waals surface area (Å²) < 4.78 is 11.0. The summed E-state index contributed by atoms with van der Waals surface area (Å²) in [4.78, 5) is 0. The molecule has 0 aliphatic heterocycles. The molecule has 1 unspecified atom stereocenters. The van der Waals surface area contributed by atoms with E-state index < -0.39 is 0 Å². The van der Waals surface area contributed by atoms with Crippen molar-refractivity contribution in [2.75, 3.05) is 14.2 Å². The molecule has 0 radical (unpaired) electrons. The quantitative estimate of drug-likeness (QED) is 0.832. The fourth-order valence-corrected chi connectivity index (χ4v) is 3.93. The highest BCUT2D eigenvalue weighted by atomic mass is 16.5. The average Bonchev–Trinajstić information content (AvgIpc) is 2.56. The van der Waals surface area contributed by atoms with Gasteiger partial charge in [-0.15, -0.1) is 0 Å². The topological polar surface area (TPSA) is 58.9 Å². The Labute approximate surface area is 142 Å². The van der Waals surface area contributed by atoms with E-state index in [2.05, 4.69) is 19.9 Å². The molecular formula is C20H24O4. The molecule has 0 saturated carbocycles. The summed E-state index contributed by atoms with van der Waals surface area (Å²) in [6, 6.07) is 9.14. The highest BCUT2D eigenvalue weighted by molar-refractivity contribution is 5.53. The second-order valence-corrected chi connectivity index (χ2v) is 6.92. The van der Waals surface area contributed by atoms with E-state index in [1.807, 2.05) is 12.1 Å². The van der Waals surface area contributed by atoms with Gasteiger partial charge in [0, 0.05) is 6.07 Å². The van der Waals surface area contributed by atoms with Gasteiger partial charge < -0.3 is 19.7 Å². The van der Waals surface area contributed by atoms with Gasteiger partial charge in [0.1, 0.15) is 11.5 Å². The molecule has 0 fully saturated rings. The van der Waals surface area contributed by atoms with Gasteiger partial charge in [0.2, 0.25) is 0 Å². The number of phenols is 2. The number of rotatable bonds is 3. The van der Waals surface area contributed by atoms with Crippen LogP contribution in [0.3, 0.4) is 0 Å². The number of methoxy groups -OCH3 is 2. The molecule has 4 heteroatoms. The molecule has 2 N–H and O–H groups in total. The van der Waals surface area contributed by atoms with Gasteiger partial charge in [-0.1, -0.05) is 19.9 Å². The monoisotopic (exact) mass is 328 g/mol. The minimum Gasteiger partial charge on any atom is -0.504 e. The van der Waals surface area contributed by atoms with Crippen molar-refractivity contribution < 1.29 is 19.7 Å². The lowest BCUT2D eigenvalue weighted by atomic mass is 9.63. The summed E-state index contributed by atoms with van der Waals surface area (Å²) in [5.74, 6) is 1.72. The maximum Gasteiger partial charge on any atom is 0.157 e. The van der Waals surface area contributed by atoms with Crippen molar-refractivity contribution in [1.82, 2.24) is 0 Å². The molecule has 1 atom stereocenters. The predicted molar refractivity (Wildman–Crippen MR) is 93.4 cm³/mol. The molecule has 2 aromatic carbocycles. The van der Waals surface area contributed by atoms with Crippen LogP contribution in [0.25, 0.3) is 0 Å². The SMILES string of the molecule is COc1cc(OC)c2c(c1)C(C)(C)C(c1ccc(O)c(O)c1)CC2. The highest BCUT2D eigenvalue weighted by Crippen LogP contribution is 2.50. The standard InChI is InChI=1S/C20H24O4/c1-20(2)15(12-5-8-17(21)18(22)9-12)7-6-14-16(20)10-13(23-3)11-19(14)24-4/h5,8-11,15,21-22H,6-7H2,1-4H3. The fourth-order valence-electron chi connectivity index (χ4n) is 3.93. The highest BCUT2D eigenvalue weighted by Gasteiger charge is 2.39. The molecule has 1 aliphatic rings. The summed E-state index contributed by atoms with van der Waals surface area (Å²) in [6.07, 6.45) is 1.85. The Hall–Kier alpha value is -2.36. The molecule has 0 heterocycles. The molecule has 0 saturated heterocycles. The first-order valence-electron chi connectivity index (χ1n) is 8.15. The van der Waals surface area contributed by atoms with Crippen LogP contribution in [0, 0.1) is 0 Å². The first-order valence-corrected chi connectivity index (χ1v) is 8.15. The van der Waals surface area contributed by atoms with Crippen molar-refractivity contribution in [2.24, 2.45) is 0 Å². The third-order valence-electron chi connectivity index (χ3n) is 5.29. The Morgan fingerprint density at radius 1 is 1.00 bits per heavy atom. The van der Waals surface area contributed by atoms with Crippen molar-refractivity contribution in [1.29, 1.82) is 0 Å². The van der Waals surface area contributed by atoms with Crippen molar-refractivity contribution in [3.63, 3.8) is 0 Å². The number of ether oxygens (including phenoxy) is 2. The Balaban J connectivity index is 2.11. The van der Waals surface area contributed by atoms with Crippen LogP contribution in [0.2, 0.25) is 0 Å². The lowest BCUT2D eigenvalue weighted by molar-refractivity contribution is 0.340. The molecular weight excluding hydrogens is 304 g/mol. The van der Waals surface area contributed by atoms with E-state index in [1.165, 1.54) is 11.1 Å². The zero-order valence-corrected chi connectivity index (χ0v) is 14.6. The summed E-state index contributed by atoms with van der Waals surface area (Å²) in [5.41, 5.74) is 3.31. The second kappa shape index (κ2) is 5.93. The fraction of sp³-hybridized carbons (Fsp3) is 0.400. The van der Waals surface area contributed by atoms with E-state index in [4.69, 9.17) is 9.47 Å². The number of fused-ring (bicyclic) bond motifs is 1. The van der Waals surface area contributed by atoms with Crippen LogP contribution >= 0.6 is 0 Å². The number of benzene rings is 2. The predicted octanol–water partition coefficient (Wildman–Crippen LogP) is 4.12. The second-order valence-electron chi connectivity index (χ2n) is 6.92. The molecule has 24 heavy (non-hydrogen) atoms. The third-order valence-corrected chi connectivity index (χ3v) is 5.29. The van der Waals surface area contributed by atoms with Crippen LogP contribution < -0.4 is 9.47 Å². The molecule has 2 aromatic rings. The largest absolute Gasteiger partial charge is 0.504 e. The van der Waals surface area contributed by atoms with Gasteiger partial charge in [0.05, 0.1) is 14.2 Å². The van der Waals surface area contributed by atoms with E-state index in [0.29, 0.717) is 0 Å². The molecule has 0 spiro atoms. The van der Waals surface area contributed by atoms with Gasteiger partial charge >= 0.3 is 0 Å². The molecule has 0 bridgehead atoms. The van der Waals surface area contributed by atoms with E-state index in [9.17, 15) is 10.2 Å².